The van der Waals surface area contributed by atoms with Crippen LogP contribution in [0.25, 0.3) is 0 Å². The van der Waals surface area contributed by atoms with Crippen molar-refractivity contribution in [1.82, 2.24) is 0 Å². The molecule has 0 aliphatic carbocycles. The number of hydrogen-bond acceptors (Lipinski definition) is 2. The highest BCUT2D eigenvalue weighted by Gasteiger charge is 2.14. The van der Waals surface area contributed by atoms with Gasteiger partial charge < -0.3 is 0 Å². The maximum absolute atomic E-state index is 4.13. The molecule has 1 heterocycles. The van der Waals surface area contributed by atoms with Crippen molar-refractivity contribution in [3.63, 3.8) is 0 Å². The first-order chi connectivity index (χ1) is 2.93. The predicted octanol–water partition coefficient (Wildman–Crippen LogP) is 1.42. The molecule has 0 bridgehead atoms. The van der Waals surface area contributed by atoms with E-state index in [1.807, 2.05) is 11.8 Å². The quantitative estimate of drug-likeness (QED) is 0.511. The second kappa shape index (κ2) is 2.12. The summed E-state index contributed by atoms with van der Waals surface area (Å²) in [6.45, 7) is 0. The summed E-state index contributed by atoms with van der Waals surface area (Å²) in [6, 6.07) is 0. The lowest BCUT2D eigenvalue weighted by atomic mass is 10.3. The molecule has 1 aliphatic rings. The van der Waals surface area contributed by atoms with Crippen molar-refractivity contribution in [2.24, 2.45) is 0 Å². The standard InChI is InChI=1S/C4H8S2/c5-3-4-1-2-6-4/h4-5H,1-3H2. The van der Waals surface area contributed by atoms with Crippen LogP contribution in [0, 0.1) is 0 Å². The molecule has 0 aromatic heterocycles. The Labute approximate surface area is 48.1 Å². The second-order valence-electron chi connectivity index (χ2n) is 1.46. The minimum atomic E-state index is 0.897. The summed E-state index contributed by atoms with van der Waals surface area (Å²) in [6.07, 6.45) is 1.40. The van der Waals surface area contributed by atoms with Crippen LogP contribution in [0.3, 0.4) is 0 Å². The molecule has 2 heteroatoms. The molecule has 1 fully saturated rings. The van der Waals surface area contributed by atoms with E-state index in [-0.39, 0.29) is 0 Å². The normalized spacial score (nSPS) is 32.5. The SMILES string of the molecule is SCC1CCS1. The van der Waals surface area contributed by atoms with E-state index in [0.29, 0.717) is 0 Å². The number of rotatable bonds is 1. The molecule has 0 saturated carbocycles. The van der Waals surface area contributed by atoms with Gasteiger partial charge >= 0.3 is 0 Å². The zero-order chi connectivity index (χ0) is 4.41. The van der Waals surface area contributed by atoms with Crippen LogP contribution in [0.15, 0.2) is 0 Å². The van der Waals surface area contributed by atoms with Gasteiger partial charge in [-0.2, -0.15) is 24.4 Å². The fourth-order valence-corrected chi connectivity index (χ4v) is 1.60. The highest BCUT2D eigenvalue weighted by molar-refractivity contribution is 8.01. The van der Waals surface area contributed by atoms with Crippen LogP contribution in [0.5, 0.6) is 0 Å². The zero-order valence-corrected chi connectivity index (χ0v) is 5.27. The van der Waals surface area contributed by atoms with Crippen LogP contribution in [-0.2, 0) is 0 Å². The average Bonchev–Trinajstić information content (AvgIpc) is 1.31. The third kappa shape index (κ3) is 0.850. The Kier molecular flexibility index (Phi) is 1.72. The molecule has 1 rings (SSSR count). The smallest absolute Gasteiger partial charge is 0.0143 e. The number of hydrogen-bond donors (Lipinski definition) is 1. The molecule has 0 radical (unpaired) electrons. The summed E-state index contributed by atoms with van der Waals surface area (Å²) in [5, 5.41) is 0.897. The van der Waals surface area contributed by atoms with E-state index in [4.69, 9.17) is 0 Å². The van der Waals surface area contributed by atoms with Gasteiger partial charge in [-0.3, -0.25) is 0 Å². The Morgan fingerprint density at radius 3 is 2.50 bits per heavy atom. The molecule has 1 aliphatic heterocycles. The van der Waals surface area contributed by atoms with Crippen LogP contribution in [0.4, 0.5) is 0 Å². The number of thioether (sulfide) groups is 1. The van der Waals surface area contributed by atoms with Crippen molar-refractivity contribution in [3.05, 3.63) is 0 Å². The molecule has 1 saturated heterocycles. The number of thiol groups is 1. The molecule has 6 heavy (non-hydrogen) atoms. The molecule has 0 aromatic carbocycles. The van der Waals surface area contributed by atoms with Gasteiger partial charge in [0, 0.05) is 11.0 Å². The summed E-state index contributed by atoms with van der Waals surface area (Å²) in [5.74, 6) is 2.44. The monoisotopic (exact) mass is 120 g/mol. The summed E-state index contributed by atoms with van der Waals surface area (Å²) in [5.41, 5.74) is 0. The van der Waals surface area contributed by atoms with Gasteiger partial charge in [-0.1, -0.05) is 0 Å². The predicted molar refractivity (Wildman–Crippen MR) is 34.7 cm³/mol. The Hall–Kier alpha value is 0.700. The Morgan fingerprint density at radius 1 is 1.83 bits per heavy atom. The van der Waals surface area contributed by atoms with Crippen LogP contribution >= 0.6 is 24.4 Å². The van der Waals surface area contributed by atoms with E-state index in [1.165, 1.54) is 12.2 Å². The van der Waals surface area contributed by atoms with Gasteiger partial charge in [0.15, 0.2) is 0 Å². The first-order valence-corrected chi connectivity index (χ1v) is 3.84. The summed E-state index contributed by atoms with van der Waals surface area (Å²) >= 11 is 6.15. The molecule has 0 spiro atoms. The van der Waals surface area contributed by atoms with E-state index in [2.05, 4.69) is 12.6 Å². The lowest BCUT2D eigenvalue weighted by molar-refractivity contribution is 0.873. The summed E-state index contributed by atoms with van der Waals surface area (Å²) < 4.78 is 0. The maximum atomic E-state index is 4.13. The highest BCUT2D eigenvalue weighted by atomic mass is 32.2. The van der Waals surface area contributed by atoms with Crippen LogP contribution < -0.4 is 0 Å². The van der Waals surface area contributed by atoms with Crippen LogP contribution in [0.2, 0.25) is 0 Å². The lowest BCUT2D eigenvalue weighted by Crippen LogP contribution is -2.16. The van der Waals surface area contributed by atoms with Crippen molar-refractivity contribution >= 4 is 24.4 Å². The maximum Gasteiger partial charge on any atom is 0.0143 e. The summed E-state index contributed by atoms with van der Waals surface area (Å²) in [4.78, 5) is 0. The lowest BCUT2D eigenvalue weighted by Gasteiger charge is -2.21. The van der Waals surface area contributed by atoms with Crippen LogP contribution in [-0.4, -0.2) is 16.8 Å². The first kappa shape index (κ1) is 4.85. The van der Waals surface area contributed by atoms with Crippen molar-refractivity contribution in [2.45, 2.75) is 11.7 Å². The third-order valence-corrected chi connectivity index (χ3v) is 3.03. The van der Waals surface area contributed by atoms with Gasteiger partial charge in [-0.25, -0.2) is 0 Å². The van der Waals surface area contributed by atoms with Gasteiger partial charge in [0.2, 0.25) is 0 Å². The topological polar surface area (TPSA) is 0 Å². The molecular weight excluding hydrogens is 112 g/mol. The van der Waals surface area contributed by atoms with E-state index < -0.39 is 0 Å². The largest absolute Gasteiger partial charge is 0.178 e. The molecule has 0 nitrogen and oxygen atoms in total. The fraction of sp³-hybridized carbons (Fsp3) is 1.00. The fourth-order valence-electron chi connectivity index (χ4n) is 0.429. The van der Waals surface area contributed by atoms with E-state index in [9.17, 15) is 0 Å². The van der Waals surface area contributed by atoms with E-state index in [0.717, 1.165) is 11.0 Å². The molecule has 0 aromatic rings. The molecular formula is C4H8S2. The third-order valence-electron chi connectivity index (χ3n) is 0.997. The van der Waals surface area contributed by atoms with Gasteiger partial charge in [-0.15, -0.1) is 0 Å². The van der Waals surface area contributed by atoms with Crippen molar-refractivity contribution in [2.75, 3.05) is 11.5 Å². The second-order valence-corrected chi connectivity index (χ2v) is 3.24. The minimum absolute atomic E-state index is 0.897. The van der Waals surface area contributed by atoms with Gasteiger partial charge in [-0.05, 0) is 12.2 Å². The van der Waals surface area contributed by atoms with Crippen molar-refractivity contribution in [1.29, 1.82) is 0 Å². The summed E-state index contributed by atoms with van der Waals surface area (Å²) in [7, 11) is 0. The van der Waals surface area contributed by atoms with Crippen molar-refractivity contribution in [3.8, 4) is 0 Å². The van der Waals surface area contributed by atoms with Gasteiger partial charge in [0.05, 0.1) is 0 Å². The Balaban J connectivity index is 2.01. The molecule has 1 atom stereocenters. The van der Waals surface area contributed by atoms with Gasteiger partial charge in [0.25, 0.3) is 0 Å². The van der Waals surface area contributed by atoms with Crippen molar-refractivity contribution < 1.29 is 0 Å². The Morgan fingerprint density at radius 2 is 2.50 bits per heavy atom. The van der Waals surface area contributed by atoms with E-state index >= 15 is 0 Å². The zero-order valence-electron chi connectivity index (χ0n) is 3.55. The minimum Gasteiger partial charge on any atom is -0.178 e. The van der Waals surface area contributed by atoms with Gasteiger partial charge in [0.1, 0.15) is 0 Å². The Bertz CT molecular complexity index is 38.1. The molecule has 1 unspecified atom stereocenters. The van der Waals surface area contributed by atoms with Crippen LogP contribution in [0.1, 0.15) is 6.42 Å². The molecule has 0 amide bonds. The average molecular weight is 120 g/mol. The highest BCUT2D eigenvalue weighted by Crippen LogP contribution is 2.27. The molecule has 0 N–H and O–H groups in total. The molecule has 36 valence electrons. The first-order valence-electron chi connectivity index (χ1n) is 2.16. The van der Waals surface area contributed by atoms with E-state index in [1.54, 1.807) is 0 Å².